The number of nitrogens with zero attached hydrogens (tertiary/aromatic N) is 6. The molecule has 0 aliphatic heterocycles. The Balaban J connectivity index is 1.44. The number of alkyl halides is 3. The van der Waals surface area contributed by atoms with E-state index in [4.69, 9.17) is 9.47 Å². The van der Waals surface area contributed by atoms with E-state index in [0.717, 1.165) is 39.8 Å². The molecular formula is C27H23F3N6O4S. The monoisotopic (exact) mass is 584 g/mol. The van der Waals surface area contributed by atoms with Gasteiger partial charge in [-0.3, -0.25) is 4.79 Å². The van der Waals surface area contributed by atoms with Crippen LogP contribution in [0.3, 0.4) is 0 Å². The molecule has 0 radical (unpaired) electrons. The molecule has 0 fully saturated rings. The topological polar surface area (TPSA) is 117 Å². The van der Waals surface area contributed by atoms with Gasteiger partial charge in [0.2, 0.25) is 5.88 Å². The normalized spacial score (nSPS) is 12.4. The third kappa shape index (κ3) is 6.18. The van der Waals surface area contributed by atoms with Gasteiger partial charge in [0.15, 0.2) is 16.5 Å². The van der Waals surface area contributed by atoms with Crippen molar-refractivity contribution in [3.63, 3.8) is 0 Å². The van der Waals surface area contributed by atoms with E-state index in [-0.39, 0.29) is 40.3 Å². The Kier molecular flexibility index (Phi) is 7.94. The molecule has 3 heterocycles. The van der Waals surface area contributed by atoms with Crippen LogP contribution in [0.4, 0.5) is 13.2 Å². The van der Waals surface area contributed by atoms with Gasteiger partial charge in [0.25, 0.3) is 5.56 Å². The fourth-order valence-electron chi connectivity index (χ4n) is 3.87. The maximum atomic E-state index is 13.7. The first-order valence-electron chi connectivity index (χ1n) is 12.2. The van der Waals surface area contributed by atoms with Crippen molar-refractivity contribution in [3.8, 4) is 17.4 Å². The average Bonchev–Trinajstić information content (AvgIpc) is 3.40. The van der Waals surface area contributed by atoms with Crippen LogP contribution in [0.1, 0.15) is 35.3 Å². The zero-order chi connectivity index (χ0) is 29.1. The predicted molar refractivity (Wildman–Crippen MR) is 143 cm³/mol. The molecule has 5 aromatic rings. The zero-order valence-electron chi connectivity index (χ0n) is 21.7. The molecule has 0 aliphatic carbocycles. The Morgan fingerprint density at radius 1 is 1.00 bits per heavy atom. The molecule has 14 heteroatoms. The van der Waals surface area contributed by atoms with Crippen LogP contribution in [0.2, 0.25) is 0 Å². The summed E-state index contributed by atoms with van der Waals surface area (Å²) < 4.78 is 52.0. The maximum Gasteiger partial charge on any atom is 0.416 e. The molecule has 1 N–H and O–H groups in total. The molecule has 10 nitrogen and oxygen atoms in total. The number of methoxy groups -OCH3 is 1. The summed E-state index contributed by atoms with van der Waals surface area (Å²) in [7, 11) is 1.58. The first kappa shape index (κ1) is 28.1. The largest absolute Gasteiger partial charge is 0.497 e. The van der Waals surface area contributed by atoms with Crippen LogP contribution in [-0.4, -0.2) is 41.6 Å². The summed E-state index contributed by atoms with van der Waals surface area (Å²) in [5.74, 6) is 1.28. The molecule has 0 aliphatic rings. The Morgan fingerprint density at radius 2 is 1.71 bits per heavy atom. The van der Waals surface area contributed by atoms with Crippen molar-refractivity contribution in [2.45, 2.75) is 36.7 Å². The fraction of sp³-hybridized carbons (Fsp3) is 0.222. The van der Waals surface area contributed by atoms with E-state index >= 15 is 0 Å². The molecule has 0 amide bonds. The molecule has 2 aromatic carbocycles. The maximum absolute atomic E-state index is 13.7. The van der Waals surface area contributed by atoms with Crippen LogP contribution in [0.5, 0.6) is 11.6 Å². The zero-order valence-corrected chi connectivity index (χ0v) is 22.6. The lowest BCUT2D eigenvalue weighted by atomic mass is 10.1. The summed E-state index contributed by atoms with van der Waals surface area (Å²) in [4.78, 5) is 22.3. The number of hydrogen-bond donors (Lipinski definition) is 1. The van der Waals surface area contributed by atoms with Gasteiger partial charge < -0.3 is 14.6 Å². The SMILES string of the molecule is COc1ccc(COc2cnc(-n3c(SCc4ccc(C(F)(F)F)cc4)nn4ncc(C(C)O)c4c3=O)cn2)cc1. The van der Waals surface area contributed by atoms with Crippen molar-refractivity contribution in [1.82, 2.24) is 29.4 Å². The van der Waals surface area contributed by atoms with E-state index in [9.17, 15) is 23.1 Å². The van der Waals surface area contributed by atoms with Crippen molar-refractivity contribution in [1.29, 1.82) is 0 Å². The molecule has 212 valence electrons. The number of ether oxygens (including phenoxy) is 2. The summed E-state index contributed by atoms with van der Waals surface area (Å²) in [5.41, 5.74) is 0.501. The second-order valence-electron chi connectivity index (χ2n) is 8.87. The van der Waals surface area contributed by atoms with Gasteiger partial charge in [0.1, 0.15) is 12.4 Å². The average molecular weight is 585 g/mol. The van der Waals surface area contributed by atoms with Crippen LogP contribution in [-0.2, 0) is 18.5 Å². The molecule has 0 bridgehead atoms. The minimum atomic E-state index is -4.44. The molecule has 1 atom stereocenters. The Bertz CT molecular complexity index is 1700. The number of aromatic nitrogens is 6. The highest BCUT2D eigenvalue weighted by molar-refractivity contribution is 7.98. The summed E-state index contributed by atoms with van der Waals surface area (Å²) in [5, 5.41) is 18.8. The van der Waals surface area contributed by atoms with Gasteiger partial charge in [-0.1, -0.05) is 36.0 Å². The van der Waals surface area contributed by atoms with Gasteiger partial charge >= 0.3 is 6.18 Å². The molecule has 1 unspecified atom stereocenters. The van der Waals surface area contributed by atoms with Gasteiger partial charge in [-0.15, -0.1) is 9.73 Å². The van der Waals surface area contributed by atoms with Crippen LogP contribution in [0, 0.1) is 0 Å². The number of thioether (sulfide) groups is 1. The van der Waals surface area contributed by atoms with E-state index < -0.39 is 23.4 Å². The summed E-state index contributed by atoms with van der Waals surface area (Å²) in [6.07, 6.45) is -1.36. The van der Waals surface area contributed by atoms with E-state index in [0.29, 0.717) is 5.56 Å². The van der Waals surface area contributed by atoms with Crippen LogP contribution in [0.25, 0.3) is 11.3 Å². The quantitative estimate of drug-likeness (QED) is 0.248. The lowest BCUT2D eigenvalue weighted by molar-refractivity contribution is -0.137. The van der Waals surface area contributed by atoms with Gasteiger partial charge in [0.05, 0.1) is 37.4 Å². The third-order valence-corrected chi connectivity index (χ3v) is 7.05. The number of hydrogen-bond acceptors (Lipinski definition) is 9. The smallest absolute Gasteiger partial charge is 0.416 e. The minimum absolute atomic E-state index is 0.0560. The molecule has 0 saturated heterocycles. The number of rotatable bonds is 9. The summed E-state index contributed by atoms with van der Waals surface area (Å²) >= 11 is 1.11. The number of benzene rings is 2. The van der Waals surface area contributed by atoms with Crippen molar-refractivity contribution >= 4 is 17.3 Å². The molecule has 0 saturated carbocycles. The van der Waals surface area contributed by atoms with Crippen LogP contribution >= 0.6 is 11.8 Å². The van der Waals surface area contributed by atoms with E-state index in [1.807, 2.05) is 24.3 Å². The Morgan fingerprint density at radius 3 is 2.32 bits per heavy atom. The minimum Gasteiger partial charge on any atom is -0.497 e. The van der Waals surface area contributed by atoms with Crippen molar-refractivity contribution in [2.24, 2.45) is 0 Å². The van der Waals surface area contributed by atoms with Crippen LogP contribution in [0.15, 0.2) is 77.1 Å². The van der Waals surface area contributed by atoms with Crippen molar-refractivity contribution in [3.05, 3.63) is 99.7 Å². The van der Waals surface area contributed by atoms with E-state index in [1.54, 1.807) is 7.11 Å². The number of aliphatic hydroxyl groups excluding tert-OH is 1. The predicted octanol–water partition coefficient (Wildman–Crippen LogP) is 4.62. The second-order valence-corrected chi connectivity index (χ2v) is 9.81. The van der Waals surface area contributed by atoms with E-state index in [2.05, 4.69) is 20.2 Å². The highest BCUT2D eigenvalue weighted by atomic mass is 32.2. The molecule has 3 aromatic heterocycles. The van der Waals surface area contributed by atoms with Gasteiger partial charge in [-0.2, -0.15) is 18.3 Å². The molecule has 5 rings (SSSR count). The lowest BCUT2D eigenvalue weighted by Gasteiger charge is -2.13. The molecule has 41 heavy (non-hydrogen) atoms. The van der Waals surface area contributed by atoms with Crippen molar-refractivity contribution < 1.29 is 27.8 Å². The van der Waals surface area contributed by atoms with Gasteiger partial charge in [0, 0.05) is 11.3 Å². The Labute approximate surface area is 235 Å². The number of fused-ring (bicyclic) bond motifs is 1. The number of halogens is 3. The number of aliphatic hydroxyl groups is 1. The summed E-state index contributed by atoms with van der Waals surface area (Å²) in [6.45, 7) is 1.73. The Hall–Kier alpha value is -4.43. The highest BCUT2D eigenvalue weighted by Crippen LogP contribution is 2.30. The van der Waals surface area contributed by atoms with Crippen molar-refractivity contribution in [2.75, 3.05) is 7.11 Å². The standard InChI is InChI=1S/C27H23F3N6O4S/c1-16(37)21-11-33-36-24(21)25(38)35(26(34-36)41-15-18-3-7-19(8-4-18)27(28,29)30)22-12-32-23(13-31-22)40-14-17-5-9-20(39-2)10-6-17/h3-13,16,37H,14-15H2,1-2H3. The second kappa shape index (κ2) is 11.6. The molecular weight excluding hydrogens is 561 g/mol. The summed E-state index contributed by atoms with van der Waals surface area (Å²) in [6, 6.07) is 12.1. The van der Waals surface area contributed by atoms with Gasteiger partial charge in [-0.25, -0.2) is 14.5 Å². The molecule has 0 spiro atoms. The first-order chi connectivity index (χ1) is 19.6. The lowest BCUT2D eigenvalue weighted by Crippen LogP contribution is -2.26. The van der Waals surface area contributed by atoms with Crippen LogP contribution < -0.4 is 15.0 Å². The van der Waals surface area contributed by atoms with Gasteiger partial charge in [-0.05, 0) is 42.3 Å². The first-order valence-corrected chi connectivity index (χ1v) is 13.2. The third-order valence-electron chi connectivity index (χ3n) is 6.05. The highest BCUT2D eigenvalue weighted by Gasteiger charge is 2.30. The van der Waals surface area contributed by atoms with E-state index in [1.165, 1.54) is 42.2 Å². The fourth-order valence-corrected chi connectivity index (χ4v) is 4.80.